The van der Waals surface area contributed by atoms with Crippen molar-refractivity contribution in [1.82, 2.24) is 19.9 Å². The van der Waals surface area contributed by atoms with E-state index in [-0.39, 0.29) is 11.9 Å². The summed E-state index contributed by atoms with van der Waals surface area (Å²) in [6.07, 6.45) is 6.05. The van der Waals surface area contributed by atoms with Gasteiger partial charge in [0.1, 0.15) is 23.6 Å². The molecule has 0 bridgehead atoms. The number of nitrogens with zero attached hydrogens (tertiary/aromatic N) is 3. The number of aromatic nitrogens is 3. The van der Waals surface area contributed by atoms with Crippen LogP contribution >= 0.6 is 0 Å². The van der Waals surface area contributed by atoms with Crippen molar-refractivity contribution in [3.63, 3.8) is 0 Å². The number of ether oxygens (including phenoxy) is 1. The Morgan fingerprint density at radius 3 is 2.72 bits per heavy atom. The van der Waals surface area contributed by atoms with Crippen molar-refractivity contribution < 1.29 is 9.13 Å². The van der Waals surface area contributed by atoms with E-state index in [1.807, 2.05) is 6.07 Å². The van der Waals surface area contributed by atoms with Crippen molar-refractivity contribution in [3.05, 3.63) is 53.2 Å². The van der Waals surface area contributed by atoms with Crippen LogP contribution in [-0.4, -0.2) is 52.2 Å². The molecule has 2 N–H and O–H groups in total. The molecular weight excluding hydrogens is 405 g/mol. The van der Waals surface area contributed by atoms with E-state index in [0.29, 0.717) is 23.8 Å². The lowest BCUT2D eigenvalue weighted by atomic mass is 9.83. The van der Waals surface area contributed by atoms with Crippen molar-refractivity contribution in [3.8, 4) is 0 Å². The van der Waals surface area contributed by atoms with Crippen LogP contribution in [0, 0.1) is 17.7 Å². The lowest BCUT2D eigenvalue weighted by Crippen LogP contribution is -2.44. The third-order valence-corrected chi connectivity index (χ3v) is 8.03. The fraction of sp³-hybridized carbons (Fsp3) is 0.520. The van der Waals surface area contributed by atoms with Crippen LogP contribution < -0.4 is 5.32 Å². The number of aryl methyl sites for hydroxylation is 1. The van der Waals surface area contributed by atoms with Gasteiger partial charge in [0.05, 0.1) is 24.6 Å². The van der Waals surface area contributed by atoms with Gasteiger partial charge >= 0.3 is 0 Å². The Balaban J connectivity index is 1.26. The minimum absolute atomic E-state index is 0.0662. The maximum atomic E-state index is 14.0. The molecule has 4 heterocycles. The van der Waals surface area contributed by atoms with Crippen molar-refractivity contribution in [2.75, 3.05) is 31.6 Å². The van der Waals surface area contributed by atoms with Gasteiger partial charge in [-0.15, -0.1) is 0 Å². The minimum atomic E-state index is -0.155. The molecule has 1 saturated carbocycles. The molecule has 1 aromatic carbocycles. The smallest absolute Gasteiger partial charge is 0.143 e. The topological polar surface area (TPSA) is 66.1 Å². The van der Waals surface area contributed by atoms with Gasteiger partial charge in [0.25, 0.3) is 0 Å². The molecule has 4 unspecified atom stereocenters. The monoisotopic (exact) mass is 433 g/mol. The molecule has 7 rings (SSSR count). The molecule has 3 aromatic rings. The molecule has 2 aromatic heterocycles. The average Bonchev–Trinajstić information content (AvgIpc) is 3.20. The Morgan fingerprint density at radius 1 is 1.06 bits per heavy atom. The van der Waals surface area contributed by atoms with Crippen molar-refractivity contribution in [2.24, 2.45) is 11.8 Å². The number of rotatable bonds is 4. The number of fused-ring (bicyclic) bond motifs is 3. The summed E-state index contributed by atoms with van der Waals surface area (Å²) in [6.45, 7) is 3.93. The second-order valence-corrected chi connectivity index (χ2v) is 10.1. The third kappa shape index (κ3) is 3.13. The zero-order valence-electron chi connectivity index (χ0n) is 18.1. The SMILES string of the molecule is Fc1ccc2c(c1)CCC(N1CC3COCC3C1)C2Nc1ncnc2[nH]c(C3CC3)cc12. The molecule has 0 spiro atoms. The first-order valence-corrected chi connectivity index (χ1v) is 11.9. The summed E-state index contributed by atoms with van der Waals surface area (Å²) in [6, 6.07) is 7.92. The van der Waals surface area contributed by atoms with Gasteiger partial charge in [-0.3, -0.25) is 4.90 Å². The van der Waals surface area contributed by atoms with Crippen LogP contribution in [0.25, 0.3) is 11.0 Å². The number of H-pyrrole nitrogens is 1. The predicted octanol–water partition coefficient (Wildman–Crippen LogP) is 4.02. The van der Waals surface area contributed by atoms with Crippen LogP contribution in [0.2, 0.25) is 0 Å². The molecule has 2 aliphatic heterocycles. The molecule has 4 atom stereocenters. The number of likely N-dealkylation sites (tertiary alicyclic amines) is 1. The van der Waals surface area contributed by atoms with Gasteiger partial charge in [0, 0.05) is 36.7 Å². The zero-order chi connectivity index (χ0) is 21.2. The van der Waals surface area contributed by atoms with E-state index in [4.69, 9.17) is 4.74 Å². The second kappa shape index (κ2) is 7.25. The molecule has 0 radical (unpaired) electrons. The standard InChI is InChI=1S/C25H28FN5O/c26-18-4-5-19-15(7-18)3-6-22(31-9-16-11-32-12-17(16)10-31)23(19)30-25-20-8-21(14-1-2-14)29-24(20)27-13-28-25/h4-5,7-8,13-14,16-17,22-23H,1-3,6,9-12H2,(H2,27,28,29,30). The number of nitrogens with one attached hydrogen (secondary N) is 2. The molecule has 3 fully saturated rings. The van der Waals surface area contributed by atoms with Crippen LogP contribution in [0.4, 0.5) is 10.2 Å². The van der Waals surface area contributed by atoms with Gasteiger partial charge in [0.15, 0.2) is 0 Å². The first-order chi connectivity index (χ1) is 15.7. The average molecular weight is 434 g/mol. The Morgan fingerprint density at radius 2 is 1.91 bits per heavy atom. The Kier molecular flexibility index (Phi) is 4.31. The maximum absolute atomic E-state index is 14.0. The first-order valence-electron chi connectivity index (χ1n) is 11.9. The van der Waals surface area contributed by atoms with Crippen LogP contribution in [0.1, 0.15) is 48.0 Å². The quantitative estimate of drug-likeness (QED) is 0.651. The first kappa shape index (κ1) is 19.0. The van der Waals surface area contributed by atoms with Crippen LogP contribution in [0.3, 0.4) is 0 Å². The summed E-state index contributed by atoms with van der Waals surface area (Å²) in [4.78, 5) is 15.3. The molecule has 4 aliphatic rings. The van der Waals surface area contributed by atoms with Crippen LogP contribution in [0.15, 0.2) is 30.6 Å². The normalized spacial score (nSPS) is 29.9. The van der Waals surface area contributed by atoms with E-state index in [1.54, 1.807) is 18.5 Å². The summed E-state index contributed by atoms with van der Waals surface area (Å²) >= 11 is 0. The Labute approximate surface area is 186 Å². The number of hydrogen-bond acceptors (Lipinski definition) is 5. The number of halogens is 1. The summed E-state index contributed by atoms with van der Waals surface area (Å²) in [5, 5.41) is 4.85. The van der Waals surface area contributed by atoms with E-state index >= 15 is 0 Å². The largest absolute Gasteiger partial charge is 0.381 e. The lowest BCUT2D eigenvalue weighted by Gasteiger charge is -2.40. The Bertz CT molecular complexity index is 1160. The summed E-state index contributed by atoms with van der Waals surface area (Å²) < 4.78 is 19.7. The molecule has 7 heteroatoms. The summed E-state index contributed by atoms with van der Waals surface area (Å²) in [5.41, 5.74) is 4.46. The number of aromatic amines is 1. The van der Waals surface area contributed by atoms with Crippen molar-refractivity contribution in [2.45, 2.75) is 43.7 Å². The second-order valence-electron chi connectivity index (χ2n) is 10.1. The summed E-state index contributed by atoms with van der Waals surface area (Å²) in [5.74, 6) is 2.63. The van der Waals surface area contributed by atoms with Gasteiger partial charge in [0.2, 0.25) is 0 Å². The van der Waals surface area contributed by atoms with Crippen molar-refractivity contribution >= 4 is 16.9 Å². The van der Waals surface area contributed by atoms with Gasteiger partial charge in [-0.25, -0.2) is 14.4 Å². The van der Waals surface area contributed by atoms with E-state index in [9.17, 15) is 4.39 Å². The third-order valence-electron chi connectivity index (χ3n) is 8.03. The highest BCUT2D eigenvalue weighted by atomic mass is 19.1. The van der Waals surface area contributed by atoms with E-state index < -0.39 is 0 Å². The van der Waals surface area contributed by atoms with Crippen LogP contribution in [0.5, 0.6) is 0 Å². The van der Waals surface area contributed by atoms with E-state index in [2.05, 4.69) is 31.2 Å². The number of benzene rings is 1. The predicted molar refractivity (Wildman–Crippen MR) is 120 cm³/mol. The molecule has 166 valence electrons. The molecule has 2 saturated heterocycles. The summed E-state index contributed by atoms with van der Waals surface area (Å²) in [7, 11) is 0. The molecule has 32 heavy (non-hydrogen) atoms. The fourth-order valence-corrected chi connectivity index (χ4v) is 6.17. The van der Waals surface area contributed by atoms with E-state index in [0.717, 1.165) is 61.6 Å². The van der Waals surface area contributed by atoms with E-state index in [1.165, 1.54) is 24.1 Å². The van der Waals surface area contributed by atoms with Crippen LogP contribution in [-0.2, 0) is 11.2 Å². The van der Waals surface area contributed by atoms with Crippen molar-refractivity contribution in [1.29, 1.82) is 0 Å². The number of hydrogen-bond donors (Lipinski definition) is 2. The minimum Gasteiger partial charge on any atom is -0.381 e. The maximum Gasteiger partial charge on any atom is 0.143 e. The van der Waals surface area contributed by atoms with Gasteiger partial charge in [-0.05, 0) is 60.9 Å². The molecule has 6 nitrogen and oxygen atoms in total. The fourth-order valence-electron chi connectivity index (χ4n) is 6.17. The zero-order valence-corrected chi connectivity index (χ0v) is 18.1. The number of anilines is 1. The lowest BCUT2D eigenvalue weighted by molar-refractivity contribution is 0.127. The van der Waals surface area contributed by atoms with Gasteiger partial charge in [-0.1, -0.05) is 6.07 Å². The molecular formula is C25H28FN5O. The van der Waals surface area contributed by atoms with Gasteiger partial charge < -0.3 is 15.0 Å². The Hall–Kier alpha value is -2.51. The highest BCUT2D eigenvalue weighted by molar-refractivity contribution is 5.88. The highest BCUT2D eigenvalue weighted by Gasteiger charge is 2.43. The highest BCUT2D eigenvalue weighted by Crippen LogP contribution is 2.43. The molecule has 0 amide bonds. The van der Waals surface area contributed by atoms with Gasteiger partial charge in [-0.2, -0.15) is 0 Å². The molecule has 2 aliphatic carbocycles.